The molecule has 0 aliphatic heterocycles. The van der Waals surface area contributed by atoms with Crippen molar-refractivity contribution in [1.29, 1.82) is 0 Å². The summed E-state index contributed by atoms with van der Waals surface area (Å²) in [5.41, 5.74) is 2.93. The minimum absolute atomic E-state index is 0.0450. The largest absolute Gasteiger partial charge is 0.361 e. The van der Waals surface area contributed by atoms with Gasteiger partial charge in [0.1, 0.15) is 21.9 Å². The summed E-state index contributed by atoms with van der Waals surface area (Å²) in [4.78, 5) is 23.0. The SMILES string of the molecule is Cc1noc(C)c1CNC(=O)CSc1ncnc2sc(C)c(C)c12. The van der Waals surface area contributed by atoms with Crippen LogP contribution in [0.15, 0.2) is 15.9 Å². The number of aromatic nitrogens is 3. The number of thioether (sulfide) groups is 1. The highest BCUT2D eigenvalue weighted by molar-refractivity contribution is 8.00. The molecule has 126 valence electrons. The number of nitrogens with zero attached hydrogens (tertiary/aromatic N) is 3. The highest BCUT2D eigenvalue weighted by Gasteiger charge is 2.14. The molecule has 3 rings (SSSR count). The average molecular weight is 362 g/mol. The lowest BCUT2D eigenvalue weighted by atomic mass is 10.2. The molecule has 3 aromatic rings. The number of aryl methyl sites for hydroxylation is 4. The zero-order valence-electron chi connectivity index (χ0n) is 14.0. The van der Waals surface area contributed by atoms with Crippen molar-refractivity contribution in [2.75, 3.05) is 5.75 Å². The molecule has 0 saturated heterocycles. The molecule has 3 heterocycles. The molecule has 0 saturated carbocycles. The molecule has 0 aliphatic carbocycles. The van der Waals surface area contributed by atoms with Crippen LogP contribution in [0.4, 0.5) is 0 Å². The predicted molar refractivity (Wildman–Crippen MR) is 95.4 cm³/mol. The van der Waals surface area contributed by atoms with E-state index in [4.69, 9.17) is 4.52 Å². The van der Waals surface area contributed by atoms with Gasteiger partial charge in [0.2, 0.25) is 5.91 Å². The maximum absolute atomic E-state index is 12.1. The highest BCUT2D eigenvalue weighted by Crippen LogP contribution is 2.34. The maximum atomic E-state index is 12.1. The summed E-state index contributed by atoms with van der Waals surface area (Å²) in [5, 5.41) is 8.71. The minimum Gasteiger partial charge on any atom is -0.361 e. The first kappa shape index (κ1) is 16.9. The van der Waals surface area contributed by atoms with Crippen molar-refractivity contribution in [3.63, 3.8) is 0 Å². The van der Waals surface area contributed by atoms with Crippen LogP contribution < -0.4 is 5.32 Å². The molecule has 0 aliphatic rings. The molecule has 8 heteroatoms. The van der Waals surface area contributed by atoms with Crippen LogP contribution in [0.5, 0.6) is 0 Å². The van der Waals surface area contributed by atoms with Gasteiger partial charge in [-0.3, -0.25) is 4.79 Å². The van der Waals surface area contributed by atoms with Crippen molar-refractivity contribution >= 4 is 39.2 Å². The van der Waals surface area contributed by atoms with Crippen molar-refractivity contribution < 1.29 is 9.32 Å². The van der Waals surface area contributed by atoms with Gasteiger partial charge in [-0.2, -0.15) is 0 Å². The second-order valence-corrected chi connectivity index (χ2v) is 7.68. The molecule has 0 unspecified atom stereocenters. The molecule has 0 aromatic carbocycles. The third kappa shape index (κ3) is 3.29. The van der Waals surface area contributed by atoms with E-state index in [9.17, 15) is 4.79 Å². The predicted octanol–water partition coefficient (Wildman–Crippen LogP) is 3.32. The Hall–Kier alpha value is -1.93. The summed E-state index contributed by atoms with van der Waals surface area (Å²) in [6, 6.07) is 0. The van der Waals surface area contributed by atoms with Crippen molar-refractivity contribution in [2.45, 2.75) is 39.3 Å². The Labute approximate surface area is 148 Å². The minimum atomic E-state index is -0.0450. The molecule has 0 radical (unpaired) electrons. The van der Waals surface area contributed by atoms with E-state index in [-0.39, 0.29) is 5.91 Å². The number of rotatable bonds is 5. The molecule has 0 bridgehead atoms. The van der Waals surface area contributed by atoms with E-state index < -0.39 is 0 Å². The van der Waals surface area contributed by atoms with Gasteiger partial charge >= 0.3 is 0 Å². The highest BCUT2D eigenvalue weighted by atomic mass is 32.2. The summed E-state index contributed by atoms with van der Waals surface area (Å²) < 4.78 is 5.10. The third-order valence-corrected chi connectivity index (χ3v) is 6.02. The molecule has 0 spiro atoms. The Balaban J connectivity index is 1.65. The Morgan fingerprint density at radius 3 is 2.79 bits per heavy atom. The number of thiophene rings is 1. The summed E-state index contributed by atoms with van der Waals surface area (Å²) in [6.07, 6.45) is 1.56. The van der Waals surface area contributed by atoms with E-state index in [0.717, 1.165) is 32.3 Å². The van der Waals surface area contributed by atoms with Crippen LogP contribution in [0.3, 0.4) is 0 Å². The standard InChI is InChI=1S/C16H18N4O2S2/c1-8-11(4)24-16-14(8)15(18-7-19-16)23-6-13(21)17-5-12-9(2)20-22-10(12)3/h7H,5-6H2,1-4H3,(H,17,21). The average Bonchev–Trinajstić information content (AvgIpc) is 3.03. The first-order valence-electron chi connectivity index (χ1n) is 7.49. The van der Waals surface area contributed by atoms with Crippen LogP contribution >= 0.6 is 23.1 Å². The van der Waals surface area contributed by atoms with Gasteiger partial charge in [0.15, 0.2) is 0 Å². The fourth-order valence-electron chi connectivity index (χ4n) is 2.39. The van der Waals surface area contributed by atoms with E-state index in [1.54, 1.807) is 17.7 Å². The monoisotopic (exact) mass is 362 g/mol. The van der Waals surface area contributed by atoms with Crippen molar-refractivity contribution in [3.05, 3.63) is 33.8 Å². The van der Waals surface area contributed by atoms with Gasteiger partial charge in [0.25, 0.3) is 0 Å². The Morgan fingerprint density at radius 1 is 1.29 bits per heavy atom. The van der Waals surface area contributed by atoms with E-state index in [0.29, 0.717) is 12.3 Å². The van der Waals surface area contributed by atoms with Crippen LogP contribution in [0.25, 0.3) is 10.2 Å². The molecular weight excluding hydrogens is 344 g/mol. The second kappa shape index (κ2) is 6.90. The number of carbonyl (C=O) groups is 1. The molecule has 6 nitrogen and oxygen atoms in total. The molecular formula is C16H18N4O2S2. The number of hydrogen-bond donors (Lipinski definition) is 1. The lowest BCUT2D eigenvalue weighted by Gasteiger charge is -2.05. The maximum Gasteiger partial charge on any atom is 0.230 e. The Morgan fingerprint density at radius 2 is 2.08 bits per heavy atom. The molecule has 0 fully saturated rings. The van der Waals surface area contributed by atoms with Gasteiger partial charge < -0.3 is 9.84 Å². The van der Waals surface area contributed by atoms with E-state index in [1.807, 2.05) is 13.8 Å². The number of hydrogen-bond acceptors (Lipinski definition) is 7. The van der Waals surface area contributed by atoms with Crippen LogP contribution in [-0.2, 0) is 11.3 Å². The van der Waals surface area contributed by atoms with Crippen molar-refractivity contribution in [1.82, 2.24) is 20.4 Å². The number of carbonyl (C=O) groups excluding carboxylic acids is 1. The van der Waals surface area contributed by atoms with Gasteiger partial charge in [0.05, 0.1) is 11.4 Å². The van der Waals surface area contributed by atoms with Crippen molar-refractivity contribution in [2.24, 2.45) is 0 Å². The number of nitrogens with one attached hydrogen (secondary N) is 1. The third-order valence-electron chi connectivity index (χ3n) is 3.91. The molecule has 1 amide bonds. The first-order valence-corrected chi connectivity index (χ1v) is 9.29. The van der Waals surface area contributed by atoms with E-state index in [1.165, 1.54) is 22.2 Å². The molecule has 3 aromatic heterocycles. The van der Waals surface area contributed by atoms with Gasteiger partial charge in [-0.15, -0.1) is 11.3 Å². The van der Waals surface area contributed by atoms with Crippen LogP contribution in [0.2, 0.25) is 0 Å². The second-order valence-electron chi connectivity index (χ2n) is 5.51. The zero-order valence-corrected chi connectivity index (χ0v) is 15.6. The fourth-order valence-corrected chi connectivity index (χ4v) is 4.33. The van der Waals surface area contributed by atoms with Crippen LogP contribution in [0.1, 0.15) is 27.5 Å². The van der Waals surface area contributed by atoms with E-state index >= 15 is 0 Å². The number of amides is 1. The topological polar surface area (TPSA) is 80.9 Å². The van der Waals surface area contributed by atoms with Crippen molar-refractivity contribution in [3.8, 4) is 0 Å². The van der Waals surface area contributed by atoms with E-state index in [2.05, 4.69) is 34.3 Å². The normalized spacial score (nSPS) is 11.2. The van der Waals surface area contributed by atoms with Gasteiger partial charge in [-0.25, -0.2) is 9.97 Å². The Bertz CT molecular complexity index is 881. The summed E-state index contributed by atoms with van der Waals surface area (Å²) >= 11 is 3.09. The lowest BCUT2D eigenvalue weighted by Crippen LogP contribution is -2.25. The molecule has 1 N–H and O–H groups in total. The molecule has 0 atom stereocenters. The zero-order chi connectivity index (χ0) is 17.3. The number of fused-ring (bicyclic) bond motifs is 1. The quantitative estimate of drug-likeness (QED) is 0.554. The van der Waals surface area contributed by atoms with Crippen LogP contribution in [0, 0.1) is 27.7 Å². The van der Waals surface area contributed by atoms with Gasteiger partial charge in [-0.05, 0) is 33.3 Å². The van der Waals surface area contributed by atoms with Crippen LogP contribution in [-0.4, -0.2) is 26.8 Å². The summed E-state index contributed by atoms with van der Waals surface area (Å²) in [7, 11) is 0. The van der Waals surface area contributed by atoms with Gasteiger partial charge in [-0.1, -0.05) is 16.9 Å². The summed E-state index contributed by atoms with van der Waals surface area (Å²) in [6.45, 7) is 8.28. The molecule has 24 heavy (non-hydrogen) atoms. The first-order chi connectivity index (χ1) is 11.5. The summed E-state index contributed by atoms with van der Waals surface area (Å²) in [5.74, 6) is 1.00. The fraction of sp³-hybridized carbons (Fsp3) is 0.375. The lowest BCUT2D eigenvalue weighted by molar-refractivity contribution is -0.118. The Kier molecular flexibility index (Phi) is 4.86. The smallest absolute Gasteiger partial charge is 0.230 e. The van der Waals surface area contributed by atoms with Gasteiger partial charge in [0, 0.05) is 22.4 Å².